The number of esters is 1. The number of ether oxygens (including phenoxy) is 1. The zero-order chi connectivity index (χ0) is 14.8. The van der Waals surface area contributed by atoms with Crippen LogP contribution >= 0.6 is 11.3 Å². The first kappa shape index (κ1) is 14.6. The average Bonchev–Trinajstić information content (AvgIpc) is 3.14. The number of rotatable bonds is 4. The van der Waals surface area contributed by atoms with Crippen molar-refractivity contribution in [2.75, 3.05) is 12.4 Å². The average molecular weight is 307 g/mol. The molecule has 2 aliphatic rings. The molecule has 4 nitrogen and oxygen atoms in total. The fourth-order valence-electron chi connectivity index (χ4n) is 3.46. The highest BCUT2D eigenvalue weighted by Gasteiger charge is 2.28. The third kappa shape index (κ3) is 2.98. The van der Waals surface area contributed by atoms with E-state index >= 15 is 0 Å². The summed E-state index contributed by atoms with van der Waals surface area (Å²) >= 11 is 1.55. The topological polar surface area (TPSA) is 55.4 Å². The fourth-order valence-corrected chi connectivity index (χ4v) is 4.76. The van der Waals surface area contributed by atoms with Crippen molar-refractivity contribution in [1.82, 2.24) is 0 Å². The van der Waals surface area contributed by atoms with E-state index in [0.29, 0.717) is 22.9 Å². The molecule has 1 fully saturated rings. The summed E-state index contributed by atoms with van der Waals surface area (Å²) in [5.74, 6) is 0.218. The maximum absolute atomic E-state index is 12.2. The minimum absolute atomic E-state index is 0.0342. The van der Waals surface area contributed by atoms with Crippen LogP contribution in [0.15, 0.2) is 0 Å². The summed E-state index contributed by atoms with van der Waals surface area (Å²) in [5, 5.41) is 3.65. The maximum Gasteiger partial charge on any atom is 0.341 e. The summed E-state index contributed by atoms with van der Waals surface area (Å²) in [6.07, 6.45) is 8.34. The van der Waals surface area contributed by atoms with Gasteiger partial charge in [-0.2, -0.15) is 0 Å². The van der Waals surface area contributed by atoms with Gasteiger partial charge in [0.1, 0.15) is 5.00 Å². The highest BCUT2D eigenvalue weighted by atomic mass is 32.1. The van der Waals surface area contributed by atoms with Gasteiger partial charge in [-0.05, 0) is 43.6 Å². The maximum atomic E-state index is 12.2. The van der Waals surface area contributed by atoms with Crippen LogP contribution in [0.3, 0.4) is 0 Å². The van der Waals surface area contributed by atoms with Gasteiger partial charge in [0.15, 0.2) is 0 Å². The van der Waals surface area contributed by atoms with Crippen molar-refractivity contribution in [3.05, 3.63) is 16.0 Å². The molecule has 1 aromatic heterocycles. The zero-order valence-corrected chi connectivity index (χ0v) is 13.2. The number of hydrogen-bond acceptors (Lipinski definition) is 4. The summed E-state index contributed by atoms with van der Waals surface area (Å²) in [5.41, 5.74) is 1.68. The largest absolute Gasteiger partial charge is 0.465 e. The molecule has 0 unspecified atom stereocenters. The van der Waals surface area contributed by atoms with Crippen LogP contribution in [0.4, 0.5) is 5.00 Å². The molecule has 0 aliphatic heterocycles. The Morgan fingerprint density at radius 1 is 1.24 bits per heavy atom. The van der Waals surface area contributed by atoms with Crippen molar-refractivity contribution < 1.29 is 14.3 Å². The van der Waals surface area contributed by atoms with Crippen LogP contribution < -0.4 is 5.32 Å². The molecule has 21 heavy (non-hydrogen) atoms. The van der Waals surface area contributed by atoms with E-state index < -0.39 is 0 Å². The highest BCUT2D eigenvalue weighted by molar-refractivity contribution is 7.17. The molecule has 0 bridgehead atoms. The van der Waals surface area contributed by atoms with Crippen LogP contribution in [0.1, 0.15) is 59.3 Å². The summed E-state index contributed by atoms with van der Waals surface area (Å²) in [6.45, 7) is 0. The van der Waals surface area contributed by atoms with Crippen molar-refractivity contribution in [3.8, 4) is 0 Å². The Labute approximate surface area is 128 Å². The molecule has 0 saturated heterocycles. The van der Waals surface area contributed by atoms with Crippen molar-refractivity contribution in [2.45, 2.75) is 51.4 Å². The number of fused-ring (bicyclic) bond motifs is 1. The number of carbonyl (C=O) groups excluding carboxylic acids is 2. The first-order chi connectivity index (χ1) is 10.2. The molecule has 1 aromatic rings. The molecule has 3 rings (SSSR count). The van der Waals surface area contributed by atoms with E-state index in [4.69, 9.17) is 4.74 Å². The summed E-state index contributed by atoms with van der Waals surface area (Å²) in [7, 11) is 1.39. The van der Waals surface area contributed by atoms with E-state index in [1.807, 2.05) is 0 Å². The van der Waals surface area contributed by atoms with Crippen LogP contribution in [0.25, 0.3) is 0 Å². The van der Waals surface area contributed by atoms with Gasteiger partial charge in [0.25, 0.3) is 0 Å². The minimum Gasteiger partial charge on any atom is -0.465 e. The number of hydrogen-bond donors (Lipinski definition) is 1. The van der Waals surface area contributed by atoms with Crippen molar-refractivity contribution in [1.29, 1.82) is 0 Å². The molecule has 1 N–H and O–H groups in total. The van der Waals surface area contributed by atoms with Crippen LogP contribution in [0.5, 0.6) is 0 Å². The smallest absolute Gasteiger partial charge is 0.341 e. The van der Waals surface area contributed by atoms with Gasteiger partial charge in [-0.1, -0.05) is 12.8 Å². The third-order valence-corrected chi connectivity index (χ3v) is 5.72. The van der Waals surface area contributed by atoms with Crippen LogP contribution in [0, 0.1) is 5.92 Å². The predicted octanol–water partition coefficient (Wildman–Crippen LogP) is 3.54. The monoisotopic (exact) mass is 307 g/mol. The quantitative estimate of drug-likeness (QED) is 0.866. The molecule has 0 atom stereocenters. The van der Waals surface area contributed by atoms with Gasteiger partial charge in [0, 0.05) is 11.3 Å². The predicted molar refractivity (Wildman–Crippen MR) is 82.9 cm³/mol. The second-order valence-corrected chi connectivity index (χ2v) is 7.06. The van der Waals surface area contributed by atoms with Crippen molar-refractivity contribution >= 4 is 28.2 Å². The SMILES string of the molecule is COC(=O)c1c(NC(=O)CC2CCCC2)sc2c1CCC2. The Hall–Kier alpha value is -1.36. The van der Waals surface area contributed by atoms with Crippen molar-refractivity contribution in [3.63, 3.8) is 0 Å². The Morgan fingerprint density at radius 2 is 2.00 bits per heavy atom. The number of aryl methyl sites for hydroxylation is 1. The number of nitrogens with one attached hydrogen (secondary N) is 1. The van der Waals surface area contributed by atoms with Crippen molar-refractivity contribution in [2.24, 2.45) is 5.92 Å². The molecular formula is C16H21NO3S. The van der Waals surface area contributed by atoms with Gasteiger partial charge in [-0.3, -0.25) is 4.79 Å². The lowest BCUT2D eigenvalue weighted by Crippen LogP contribution is -2.16. The molecule has 0 aromatic carbocycles. The first-order valence-corrected chi connectivity index (χ1v) is 8.53. The summed E-state index contributed by atoms with van der Waals surface area (Å²) in [6, 6.07) is 0. The second kappa shape index (κ2) is 6.18. The van der Waals surface area contributed by atoms with Gasteiger partial charge >= 0.3 is 5.97 Å². The third-order valence-electron chi connectivity index (χ3n) is 4.51. The molecule has 1 amide bonds. The van der Waals surface area contributed by atoms with Gasteiger partial charge in [0.05, 0.1) is 12.7 Å². The van der Waals surface area contributed by atoms with Gasteiger partial charge in [0.2, 0.25) is 5.91 Å². The highest BCUT2D eigenvalue weighted by Crippen LogP contribution is 2.39. The first-order valence-electron chi connectivity index (χ1n) is 7.71. The number of amides is 1. The molecule has 2 aliphatic carbocycles. The molecule has 1 saturated carbocycles. The summed E-state index contributed by atoms with van der Waals surface area (Å²) in [4.78, 5) is 25.4. The van der Waals surface area contributed by atoms with Crippen LogP contribution in [-0.2, 0) is 22.4 Å². The molecule has 114 valence electrons. The van der Waals surface area contributed by atoms with E-state index in [1.165, 1.54) is 24.8 Å². The lowest BCUT2D eigenvalue weighted by Gasteiger charge is -2.10. The normalized spacial score (nSPS) is 17.8. The molecule has 5 heteroatoms. The van der Waals surface area contributed by atoms with Gasteiger partial charge < -0.3 is 10.1 Å². The Kier molecular flexibility index (Phi) is 4.29. The van der Waals surface area contributed by atoms with E-state index in [0.717, 1.165) is 37.7 Å². The van der Waals surface area contributed by atoms with E-state index in [1.54, 1.807) is 11.3 Å². The van der Waals surface area contributed by atoms with E-state index in [9.17, 15) is 9.59 Å². The van der Waals surface area contributed by atoms with Gasteiger partial charge in [-0.25, -0.2) is 4.79 Å². The van der Waals surface area contributed by atoms with E-state index in [2.05, 4.69) is 5.32 Å². The van der Waals surface area contributed by atoms with Crippen LogP contribution in [-0.4, -0.2) is 19.0 Å². The standard InChI is InChI=1S/C16H21NO3S/c1-20-16(19)14-11-7-4-8-12(11)21-15(14)17-13(18)9-10-5-2-3-6-10/h10H,2-9H2,1H3,(H,17,18). The lowest BCUT2D eigenvalue weighted by molar-refractivity contribution is -0.117. The fraction of sp³-hybridized carbons (Fsp3) is 0.625. The lowest BCUT2D eigenvalue weighted by atomic mass is 10.0. The number of thiophene rings is 1. The number of anilines is 1. The molecule has 0 radical (unpaired) electrons. The Morgan fingerprint density at radius 3 is 2.71 bits per heavy atom. The minimum atomic E-state index is -0.328. The van der Waals surface area contributed by atoms with Gasteiger partial charge in [-0.15, -0.1) is 11.3 Å². The number of methoxy groups -OCH3 is 1. The molecular weight excluding hydrogens is 286 g/mol. The zero-order valence-electron chi connectivity index (χ0n) is 12.4. The number of carbonyl (C=O) groups is 2. The molecule has 0 spiro atoms. The van der Waals surface area contributed by atoms with Crippen LogP contribution in [0.2, 0.25) is 0 Å². The Bertz CT molecular complexity index is 558. The summed E-state index contributed by atoms with van der Waals surface area (Å²) < 4.78 is 4.89. The molecule has 1 heterocycles. The second-order valence-electron chi connectivity index (χ2n) is 5.96. The van der Waals surface area contributed by atoms with E-state index in [-0.39, 0.29) is 11.9 Å². The Balaban J connectivity index is 1.75.